The molecule has 2 aromatic heterocycles. The minimum absolute atomic E-state index is 0.0376. The van der Waals surface area contributed by atoms with Crippen LogP contribution in [0.25, 0.3) is 21.5 Å². The lowest BCUT2D eigenvalue weighted by Gasteiger charge is -2.29. The third kappa shape index (κ3) is 3.03. The van der Waals surface area contributed by atoms with Crippen molar-refractivity contribution < 1.29 is 9.18 Å². The summed E-state index contributed by atoms with van der Waals surface area (Å²) < 4.78 is 15.9. The number of carbonyl (C=O) groups is 1. The number of aromatic nitrogens is 2. The number of thiophene rings is 1. The van der Waals surface area contributed by atoms with E-state index in [1.54, 1.807) is 22.9 Å². The van der Waals surface area contributed by atoms with Crippen LogP contribution in [0.3, 0.4) is 0 Å². The highest BCUT2D eigenvalue weighted by Crippen LogP contribution is 2.35. The Labute approximate surface area is 156 Å². The second-order valence-electron chi connectivity index (χ2n) is 7.12. The Bertz CT molecular complexity index is 961. The molecule has 1 saturated carbocycles. The smallest absolute Gasteiger partial charge is 0.261 e. The maximum atomic E-state index is 14.2. The van der Waals surface area contributed by atoms with Crippen molar-refractivity contribution in [2.75, 3.05) is 0 Å². The van der Waals surface area contributed by atoms with Crippen LogP contribution < -0.4 is 5.32 Å². The van der Waals surface area contributed by atoms with Crippen LogP contribution in [0.4, 0.5) is 4.39 Å². The summed E-state index contributed by atoms with van der Waals surface area (Å²) in [6, 6.07) is 8.70. The Morgan fingerprint density at radius 3 is 2.85 bits per heavy atom. The molecule has 4 rings (SSSR count). The molecule has 4 nitrogen and oxygen atoms in total. The molecule has 1 fully saturated rings. The first-order valence-electron chi connectivity index (χ1n) is 9.07. The standard InChI is InChI=1S/C20H22FN3OS/c1-12-7-3-6-10-16(12)22-19(25)17-11-14-18(23-24(2)20(14)26-17)13-8-4-5-9-15(13)21/h4-5,8-9,11-12,16H,3,6-7,10H2,1-2H3,(H,22,25)/t12-,16+/m1/s1. The normalized spacial score (nSPS) is 20.4. The van der Waals surface area contributed by atoms with Gasteiger partial charge < -0.3 is 5.32 Å². The fraction of sp³-hybridized carbons (Fsp3) is 0.400. The highest BCUT2D eigenvalue weighted by Gasteiger charge is 2.25. The van der Waals surface area contributed by atoms with E-state index in [1.807, 2.05) is 13.1 Å². The highest BCUT2D eigenvalue weighted by molar-refractivity contribution is 7.20. The molecule has 1 amide bonds. The number of nitrogens with one attached hydrogen (secondary N) is 1. The topological polar surface area (TPSA) is 46.9 Å². The van der Waals surface area contributed by atoms with Crippen LogP contribution in [-0.2, 0) is 7.05 Å². The lowest BCUT2D eigenvalue weighted by atomic mass is 9.86. The largest absolute Gasteiger partial charge is 0.348 e. The van der Waals surface area contributed by atoms with Gasteiger partial charge in [0.2, 0.25) is 0 Å². The highest BCUT2D eigenvalue weighted by atomic mass is 32.1. The van der Waals surface area contributed by atoms with Crippen LogP contribution in [0.1, 0.15) is 42.3 Å². The summed E-state index contributed by atoms with van der Waals surface area (Å²) >= 11 is 1.41. The maximum absolute atomic E-state index is 14.2. The van der Waals surface area contributed by atoms with E-state index in [1.165, 1.54) is 36.7 Å². The van der Waals surface area contributed by atoms with Gasteiger partial charge in [0.15, 0.2) is 0 Å². The van der Waals surface area contributed by atoms with E-state index in [0.717, 1.165) is 16.6 Å². The van der Waals surface area contributed by atoms with Crippen molar-refractivity contribution in [2.45, 2.75) is 38.6 Å². The van der Waals surface area contributed by atoms with Gasteiger partial charge in [-0.25, -0.2) is 4.39 Å². The van der Waals surface area contributed by atoms with Crippen LogP contribution in [-0.4, -0.2) is 21.7 Å². The Hall–Kier alpha value is -2.21. The van der Waals surface area contributed by atoms with E-state index in [0.29, 0.717) is 22.1 Å². The third-order valence-electron chi connectivity index (χ3n) is 5.29. The zero-order valence-corrected chi connectivity index (χ0v) is 15.8. The van der Waals surface area contributed by atoms with Gasteiger partial charge in [-0.3, -0.25) is 9.48 Å². The molecule has 26 heavy (non-hydrogen) atoms. The summed E-state index contributed by atoms with van der Waals surface area (Å²) in [5, 5.41) is 8.48. The number of aryl methyl sites for hydroxylation is 1. The summed E-state index contributed by atoms with van der Waals surface area (Å²) in [4.78, 5) is 14.3. The average molecular weight is 371 g/mol. The van der Waals surface area contributed by atoms with E-state index in [-0.39, 0.29) is 17.8 Å². The van der Waals surface area contributed by atoms with Gasteiger partial charge in [0, 0.05) is 24.0 Å². The number of carbonyl (C=O) groups excluding carboxylic acids is 1. The molecule has 6 heteroatoms. The van der Waals surface area contributed by atoms with Gasteiger partial charge in [0.05, 0.1) is 4.88 Å². The van der Waals surface area contributed by atoms with Crippen molar-refractivity contribution in [1.29, 1.82) is 0 Å². The molecule has 1 aliphatic carbocycles. The quantitative estimate of drug-likeness (QED) is 0.722. The number of halogens is 1. The lowest BCUT2D eigenvalue weighted by Crippen LogP contribution is -2.40. The second kappa shape index (κ2) is 6.83. The Balaban J connectivity index is 1.67. The number of hydrogen-bond acceptors (Lipinski definition) is 3. The zero-order chi connectivity index (χ0) is 18.3. The molecule has 0 aliphatic heterocycles. The van der Waals surface area contributed by atoms with Crippen LogP contribution in [0, 0.1) is 11.7 Å². The van der Waals surface area contributed by atoms with Gasteiger partial charge >= 0.3 is 0 Å². The van der Waals surface area contributed by atoms with Crippen molar-refractivity contribution in [3.05, 3.63) is 41.0 Å². The van der Waals surface area contributed by atoms with E-state index in [9.17, 15) is 9.18 Å². The van der Waals surface area contributed by atoms with Crippen molar-refractivity contribution >= 4 is 27.5 Å². The molecule has 0 bridgehead atoms. The molecule has 3 aromatic rings. The predicted molar refractivity (Wildman–Crippen MR) is 103 cm³/mol. The number of amides is 1. The molecule has 0 unspecified atom stereocenters. The molecule has 1 aliphatic rings. The molecule has 0 spiro atoms. The first-order valence-corrected chi connectivity index (χ1v) is 9.88. The number of benzene rings is 1. The molecule has 0 saturated heterocycles. The summed E-state index contributed by atoms with van der Waals surface area (Å²) in [5.74, 6) is 0.169. The number of nitrogens with zero attached hydrogens (tertiary/aromatic N) is 2. The van der Waals surface area contributed by atoms with Gasteiger partial charge in [0.25, 0.3) is 5.91 Å². The lowest BCUT2D eigenvalue weighted by molar-refractivity contribution is 0.0914. The van der Waals surface area contributed by atoms with Gasteiger partial charge in [-0.05, 0) is 37.0 Å². The van der Waals surface area contributed by atoms with Crippen molar-refractivity contribution in [2.24, 2.45) is 13.0 Å². The molecule has 2 heterocycles. The van der Waals surface area contributed by atoms with Crippen LogP contribution in [0.5, 0.6) is 0 Å². The minimum atomic E-state index is -0.305. The van der Waals surface area contributed by atoms with E-state index >= 15 is 0 Å². The van der Waals surface area contributed by atoms with Crippen LogP contribution in [0.2, 0.25) is 0 Å². The molecule has 136 valence electrons. The third-order valence-corrected chi connectivity index (χ3v) is 6.49. The maximum Gasteiger partial charge on any atom is 0.261 e. The van der Waals surface area contributed by atoms with E-state index in [2.05, 4.69) is 17.3 Å². The molecule has 1 N–H and O–H groups in total. The number of hydrogen-bond donors (Lipinski definition) is 1. The van der Waals surface area contributed by atoms with Crippen molar-refractivity contribution in [3.63, 3.8) is 0 Å². The van der Waals surface area contributed by atoms with Gasteiger partial charge in [0.1, 0.15) is 16.3 Å². The van der Waals surface area contributed by atoms with Crippen LogP contribution >= 0.6 is 11.3 Å². The Morgan fingerprint density at radius 2 is 2.08 bits per heavy atom. The molecule has 2 atom stereocenters. The van der Waals surface area contributed by atoms with E-state index < -0.39 is 0 Å². The summed E-state index contributed by atoms with van der Waals surface area (Å²) in [5.41, 5.74) is 1.05. The van der Waals surface area contributed by atoms with Gasteiger partial charge in [-0.15, -0.1) is 11.3 Å². The fourth-order valence-corrected chi connectivity index (χ4v) is 4.75. The van der Waals surface area contributed by atoms with E-state index in [4.69, 9.17) is 0 Å². The monoisotopic (exact) mass is 371 g/mol. The van der Waals surface area contributed by atoms with Crippen molar-refractivity contribution in [1.82, 2.24) is 15.1 Å². The average Bonchev–Trinajstić information content (AvgIpc) is 3.19. The predicted octanol–water partition coefficient (Wildman–Crippen LogP) is 4.75. The molecule has 1 aromatic carbocycles. The first-order chi connectivity index (χ1) is 12.5. The zero-order valence-electron chi connectivity index (χ0n) is 15.0. The molecular formula is C20H22FN3OS. The Morgan fingerprint density at radius 1 is 1.31 bits per heavy atom. The van der Waals surface area contributed by atoms with Crippen LogP contribution in [0.15, 0.2) is 30.3 Å². The molecule has 0 radical (unpaired) electrons. The van der Waals surface area contributed by atoms with Gasteiger partial charge in [-0.1, -0.05) is 31.9 Å². The first kappa shape index (κ1) is 17.2. The summed E-state index contributed by atoms with van der Waals surface area (Å²) in [7, 11) is 1.83. The fourth-order valence-electron chi connectivity index (χ4n) is 3.78. The molecular weight excluding hydrogens is 349 g/mol. The number of rotatable bonds is 3. The second-order valence-corrected chi connectivity index (χ2v) is 8.15. The summed E-state index contributed by atoms with van der Waals surface area (Å²) in [6.45, 7) is 2.20. The van der Waals surface area contributed by atoms with Gasteiger partial charge in [-0.2, -0.15) is 5.10 Å². The minimum Gasteiger partial charge on any atom is -0.348 e. The summed E-state index contributed by atoms with van der Waals surface area (Å²) in [6.07, 6.45) is 4.62. The number of fused-ring (bicyclic) bond motifs is 1. The van der Waals surface area contributed by atoms with Crippen molar-refractivity contribution in [3.8, 4) is 11.3 Å². The Kier molecular flexibility index (Phi) is 4.53. The SMILES string of the molecule is C[C@@H]1CCCC[C@@H]1NC(=O)c1cc2c(-c3ccccc3F)nn(C)c2s1.